The van der Waals surface area contributed by atoms with Crippen molar-refractivity contribution in [1.29, 1.82) is 0 Å². The topological polar surface area (TPSA) is 49.3 Å². The van der Waals surface area contributed by atoms with Gasteiger partial charge in [0.05, 0.1) is 6.61 Å². The van der Waals surface area contributed by atoms with Gasteiger partial charge in [0.15, 0.2) is 0 Å². The van der Waals surface area contributed by atoms with Gasteiger partial charge in [-0.05, 0) is 17.7 Å². The Morgan fingerprint density at radius 2 is 2.31 bits per heavy atom. The Balaban J connectivity index is 2.60. The summed E-state index contributed by atoms with van der Waals surface area (Å²) in [6.07, 6.45) is 0. The normalized spacial score (nSPS) is 14.2. The van der Waals surface area contributed by atoms with E-state index < -0.39 is 5.82 Å². The van der Waals surface area contributed by atoms with E-state index in [4.69, 9.17) is 5.11 Å². The molecule has 0 saturated heterocycles. The minimum Gasteiger partial charge on any atom is -0.392 e. The highest BCUT2D eigenvalue weighted by Gasteiger charge is 2.22. The quantitative estimate of drug-likeness (QED) is 0.665. The molecule has 1 aliphatic heterocycles. The Labute approximate surface area is 74.2 Å². The van der Waals surface area contributed by atoms with Gasteiger partial charge in [-0.2, -0.15) is 0 Å². The van der Waals surface area contributed by atoms with Gasteiger partial charge in [0, 0.05) is 17.7 Å². The van der Waals surface area contributed by atoms with Crippen molar-refractivity contribution >= 4 is 5.91 Å². The average molecular weight is 181 g/mol. The summed E-state index contributed by atoms with van der Waals surface area (Å²) in [5.74, 6) is -0.705. The fourth-order valence-electron chi connectivity index (χ4n) is 1.43. The van der Waals surface area contributed by atoms with E-state index in [0.29, 0.717) is 16.7 Å². The number of amides is 1. The Kier molecular flexibility index (Phi) is 1.77. The Hall–Kier alpha value is -1.42. The summed E-state index contributed by atoms with van der Waals surface area (Å²) in [5, 5.41) is 11.3. The van der Waals surface area contributed by atoms with Crippen LogP contribution < -0.4 is 5.32 Å². The molecule has 0 spiro atoms. The highest BCUT2D eigenvalue weighted by Crippen LogP contribution is 2.20. The van der Waals surface area contributed by atoms with E-state index in [1.165, 1.54) is 12.1 Å². The van der Waals surface area contributed by atoms with Crippen LogP contribution in [0.5, 0.6) is 0 Å². The number of rotatable bonds is 1. The summed E-state index contributed by atoms with van der Waals surface area (Å²) in [5.41, 5.74) is 1.15. The van der Waals surface area contributed by atoms with Crippen molar-refractivity contribution in [3.05, 3.63) is 34.6 Å². The number of halogens is 1. The van der Waals surface area contributed by atoms with Crippen LogP contribution in [0.15, 0.2) is 12.1 Å². The summed E-state index contributed by atoms with van der Waals surface area (Å²) in [6, 6.07) is 2.76. The van der Waals surface area contributed by atoms with Crippen molar-refractivity contribution in [2.24, 2.45) is 0 Å². The molecular formula is C9H8FNO2. The van der Waals surface area contributed by atoms with Crippen molar-refractivity contribution in [3.63, 3.8) is 0 Å². The summed E-state index contributed by atoms with van der Waals surface area (Å²) in [4.78, 5) is 11.1. The molecule has 0 saturated carbocycles. The summed E-state index contributed by atoms with van der Waals surface area (Å²) in [6.45, 7) is -0.0107. The lowest BCUT2D eigenvalue weighted by molar-refractivity contribution is 0.0965. The van der Waals surface area contributed by atoms with E-state index in [9.17, 15) is 9.18 Å². The molecule has 1 aliphatic rings. The molecule has 68 valence electrons. The molecule has 0 fully saturated rings. The molecule has 0 bridgehead atoms. The first kappa shape index (κ1) is 8.19. The first-order chi connectivity index (χ1) is 6.22. The van der Waals surface area contributed by atoms with Gasteiger partial charge < -0.3 is 10.4 Å². The summed E-state index contributed by atoms with van der Waals surface area (Å²) in [7, 11) is 0. The van der Waals surface area contributed by atoms with Gasteiger partial charge in [-0.1, -0.05) is 0 Å². The molecule has 4 heteroatoms. The third-order valence-corrected chi connectivity index (χ3v) is 2.11. The lowest BCUT2D eigenvalue weighted by Gasteiger charge is -2.01. The standard InChI is InChI=1S/C9H8FNO2/c10-8-2-5(4-12)1-6-7(8)3-11-9(6)13/h1-2,12H,3-4H2,(H,11,13). The molecule has 0 atom stereocenters. The second-order valence-corrected chi connectivity index (χ2v) is 2.94. The molecule has 0 radical (unpaired) electrons. The zero-order valence-corrected chi connectivity index (χ0v) is 6.80. The number of carbonyl (C=O) groups excluding carboxylic acids is 1. The van der Waals surface area contributed by atoms with E-state index in [1.807, 2.05) is 0 Å². The zero-order valence-electron chi connectivity index (χ0n) is 6.80. The highest BCUT2D eigenvalue weighted by molar-refractivity contribution is 5.98. The molecule has 0 aromatic heterocycles. The van der Waals surface area contributed by atoms with Crippen LogP contribution in [0.3, 0.4) is 0 Å². The van der Waals surface area contributed by atoms with E-state index >= 15 is 0 Å². The molecular weight excluding hydrogens is 173 g/mol. The minimum atomic E-state index is -0.431. The van der Waals surface area contributed by atoms with E-state index in [2.05, 4.69) is 5.32 Å². The van der Waals surface area contributed by atoms with Crippen molar-refractivity contribution in [2.75, 3.05) is 0 Å². The number of fused-ring (bicyclic) bond motifs is 1. The molecule has 3 nitrogen and oxygen atoms in total. The third kappa shape index (κ3) is 1.19. The Bertz CT molecular complexity index is 376. The highest BCUT2D eigenvalue weighted by atomic mass is 19.1. The number of benzene rings is 1. The number of carbonyl (C=O) groups is 1. The fraction of sp³-hybridized carbons (Fsp3) is 0.222. The van der Waals surface area contributed by atoms with Crippen molar-refractivity contribution in [2.45, 2.75) is 13.2 Å². The smallest absolute Gasteiger partial charge is 0.252 e. The predicted octanol–water partition coefficient (Wildman–Crippen LogP) is 0.561. The maximum Gasteiger partial charge on any atom is 0.252 e. The van der Waals surface area contributed by atoms with E-state index in [-0.39, 0.29) is 19.1 Å². The van der Waals surface area contributed by atoms with Crippen molar-refractivity contribution < 1.29 is 14.3 Å². The van der Waals surface area contributed by atoms with Gasteiger partial charge in [-0.3, -0.25) is 4.79 Å². The maximum atomic E-state index is 13.2. The molecule has 2 rings (SSSR count). The van der Waals surface area contributed by atoms with Crippen LogP contribution in [0.1, 0.15) is 21.5 Å². The second kappa shape index (κ2) is 2.81. The number of nitrogens with one attached hydrogen (secondary N) is 1. The molecule has 1 amide bonds. The number of hydrogen-bond acceptors (Lipinski definition) is 2. The number of hydrogen-bond donors (Lipinski definition) is 2. The van der Waals surface area contributed by atoms with Crippen LogP contribution in [0.2, 0.25) is 0 Å². The Morgan fingerprint density at radius 3 is 3.00 bits per heavy atom. The zero-order chi connectivity index (χ0) is 9.42. The van der Waals surface area contributed by atoms with Gasteiger partial charge >= 0.3 is 0 Å². The first-order valence-electron chi connectivity index (χ1n) is 3.92. The monoisotopic (exact) mass is 181 g/mol. The van der Waals surface area contributed by atoms with Gasteiger partial charge in [0.1, 0.15) is 5.82 Å². The number of aliphatic hydroxyl groups is 1. The van der Waals surface area contributed by atoms with Crippen LogP contribution in [0.25, 0.3) is 0 Å². The van der Waals surface area contributed by atoms with E-state index in [0.717, 1.165) is 0 Å². The number of aliphatic hydroxyl groups excluding tert-OH is 1. The molecule has 1 aromatic rings. The van der Waals surface area contributed by atoms with Crippen molar-refractivity contribution in [3.8, 4) is 0 Å². The first-order valence-corrected chi connectivity index (χ1v) is 3.92. The molecule has 2 N–H and O–H groups in total. The largest absolute Gasteiger partial charge is 0.392 e. The van der Waals surface area contributed by atoms with Crippen LogP contribution in [0, 0.1) is 5.82 Å². The molecule has 13 heavy (non-hydrogen) atoms. The van der Waals surface area contributed by atoms with Gasteiger partial charge in [0.2, 0.25) is 0 Å². The maximum absolute atomic E-state index is 13.2. The van der Waals surface area contributed by atoms with Crippen LogP contribution in [-0.2, 0) is 13.2 Å². The lowest BCUT2D eigenvalue weighted by atomic mass is 10.1. The SMILES string of the molecule is O=C1NCc2c(F)cc(CO)cc21. The van der Waals surface area contributed by atoms with Gasteiger partial charge in [-0.15, -0.1) is 0 Å². The van der Waals surface area contributed by atoms with Crippen LogP contribution in [0.4, 0.5) is 4.39 Å². The third-order valence-electron chi connectivity index (χ3n) is 2.11. The molecule has 0 aliphatic carbocycles. The van der Waals surface area contributed by atoms with Gasteiger partial charge in [0.25, 0.3) is 5.91 Å². The Morgan fingerprint density at radius 1 is 1.54 bits per heavy atom. The predicted molar refractivity (Wildman–Crippen MR) is 43.5 cm³/mol. The van der Waals surface area contributed by atoms with Crippen LogP contribution in [-0.4, -0.2) is 11.0 Å². The average Bonchev–Trinajstić information content (AvgIpc) is 2.48. The summed E-state index contributed by atoms with van der Waals surface area (Å²) >= 11 is 0. The summed E-state index contributed by atoms with van der Waals surface area (Å²) < 4.78 is 13.2. The fourth-order valence-corrected chi connectivity index (χ4v) is 1.43. The van der Waals surface area contributed by atoms with Crippen molar-refractivity contribution in [1.82, 2.24) is 5.32 Å². The molecule has 1 heterocycles. The van der Waals surface area contributed by atoms with Crippen LogP contribution >= 0.6 is 0 Å². The molecule has 0 unspecified atom stereocenters. The second-order valence-electron chi connectivity index (χ2n) is 2.94. The van der Waals surface area contributed by atoms with Gasteiger partial charge in [-0.25, -0.2) is 4.39 Å². The van der Waals surface area contributed by atoms with E-state index in [1.54, 1.807) is 0 Å². The minimum absolute atomic E-state index is 0.242. The lowest BCUT2D eigenvalue weighted by Crippen LogP contribution is -2.12. The molecule has 1 aromatic carbocycles.